The summed E-state index contributed by atoms with van der Waals surface area (Å²) in [5, 5.41) is 6.07. The van der Waals surface area contributed by atoms with Crippen LogP contribution in [0.3, 0.4) is 0 Å². The Morgan fingerprint density at radius 1 is 0.816 bits per heavy atom. The molecule has 0 radical (unpaired) electrons. The number of nitrogens with one attached hydrogen (secondary N) is 2. The number of rotatable bonds is 16. The third kappa shape index (κ3) is 11.0. The van der Waals surface area contributed by atoms with Crippen molar-refractivity contribution >= 4 is 58.1 Å². The number of carbonyl (C=O) groups is 2. The molecule has 5 aromatic rings. The smallest absolute Gasteiger partial charge is 0.292 e. The minimum atomic E-state index is -0.149. The fraction of sp³-hybridized carbons (Fsp3) is 0.268. The number of fused-ring (bicyclic) bond motifs is 1. The van der Waals surface area contributed by atoms with Crippen LogP contribution < -0.4 is 14.9 Å². The van der Waals surface area contributed by atoms with Gasteiger partial charge in [0.1, 0.15) is 0 Å². The Bertz CT molecular complexity index is 1760. The van der Waals surface area contributed by atoms with Crippen molar-refractivity contribution in [3.05, 3.63) is 125 Å². The van der Waals surface area contributed by atoms with E-state index in [2.05, 4.69) is 106 Å². The Hall–Kier alpha value is -4.46. The maximum absolute atomic E-state index is 13.3. The van der Waals surface area contributed by atoms with Crippen molar-refractivity contribution < 1.29 is 14.3 Å². The number of methoxy groups -OCH3 is 1. The number of hydrogen-bond donors (Lipinski definition) is 2. The summed E-state index contributed by atoms with van der Waals surface area (Å²) in [6.45, 7) is 7.53. The zero-order chi connectivity index (χ0) is 34.8. The van der Waals surface area contributed by atoms with Crippen LogP contribution in [-0.2, 0) is 16.0 Å². The van der Waals surface area contributed by atoms with Gasteiger partial charge in [-0.3, -0.25) is 9.59 Å². The zero-order valence-corrected chi connectivity index (χ0v) is 30.2. The maximum Gasteiger partial charge on any atom is 0.292 e. The minimum absolute atomic E-state index is 0.149. The van der Waals surface area contributed by atoms with Crippen LogP contribution in [0, 0.1) is 0 Å². The predicted molar refractivity (Wildman–Crippen MR) is 208 cm³/mol. The molecule has 5 aromatic carbocycles. The first-order valence-electron chi connectivity index (χ1n) is 16.9. The van der Waals surface area contributed by atoms with Gasteiger partial charge in [-0.15, -0.1) is 0 Å². The molecule has 0 aliphatic carbocycles. The highest BCUT2D eigenvalue weighted by Crippen LogP contribution is 2.35. The number of amides is 1. The first-order valence-corrected chi connectivity index (χ1v) is 18.1. The molecule has 2 N–H and O–H groups in total. The van der Waals surface area contributed by atoms with Gasteiger partial charge in [-0.1, -0.05) is 117 Å². The van der Waals surface area contributed by atoms with E-state index in [1.54, 1.807) is 6.07 Å². The van der Waals surface area contributed by atoms with Gasteiger partial charge >= 0.3 is 0 Å². The third-order valence-corrected chi connectivity index (χ3v) is 9.25. The Morgan fingerprint density at radius 2 is 1.47 bits per heavy atom. The largest absolute Gasteiger partial charge is 0.471 e. The quantitative estimate of drug-likeness (QED) is 0.0791. The minimum Gasteiger partial charge on any atom is -0.471 e. The summed E-state index contributed by atoms with van der Waals surface area (Å²) in [6.07, 6.45) is 5.45. The zero-order valence-electron chi connectivity index (χ0n) is 28.6. The molecule has 0 aromatic heterocycles. The maximum atomic E-state index is 13.3. The predicted octanol–water partition coefficient (Wildman–Crippen LogP) is 10.4. The van der Waals surface area contributed by atoms with Crippen LogP contribution in [0.4, 0.5) is 11.4 Å². The van der Waals surface area contributed by atoms with Gasteiger partial charge in [-0.05, 0) is 83.6 Å². The summed E-state index contributed by atoms with van der Waals surface area (Å²) in [5.74, 6) is -0.149. The van der Waals surface area contributed by atoms with Gasteiger partial charge in [-0.25, -0.2) is 0 Å². The number of halogens is 1. The number of anilines is 2. The Kier molecular flexibility index (Phi) is 15.4. The van der Waals surface area contributed by atoms with Crippen molar-refractivity contribution in [1.29, 1.82) is 0 Å². The standard InChI is InChI=1S/C39H42ClN3OS.C2H4O2/c1-3-5-26-43(27-6-4-2)37-16-10-15-34-33(37)14-11-17-38(34)45-42-36-23-22-32(40)28-35(36)39(44)41-25-24-29-18-20-31(21-19-29)30-12-8-7-9-13-30;1-4-2-3/h7-23,28,42H,3-6,24-27H2,1-2H3,(H,41,44);2H,1H3. The Labute approximate surface area is 300 Å². The van der Waals surface area contributed by atoms with Gasteiger partial charge < -0.3 is 19.7 Å². The molecule has 0 saturated heterocycles. The van der Waals surface area contributed by atoms with E-state index in [0.717, 1.165) is 30.1 Å². The molecule has 0 aliphatic heterocycles. The number of nitrogens with zero attached hydrogens (tertiary/aromatic N) is 1. The normalized spacial score (nSPS) is 10.5. The van der Waals surface area contributed by atoms with Crippen molar-refractivity contribution in [3.63, 3.8) is 0 Å². The second-order valence-corrected chi connectivity index (χ2v) is 12.9. The first kappa shape index (κ1) is 37.4. The molecule has 0 bridgehead atoms. The van der Waals surface area contributed by atoms with E-state index in [1.165, 1.54) is 77.9 Å². The SMILES string of the molecule is CCCCN(CCCC)c1cccc2c(SNc3ccc(Cl)cc3C(=O)NCCc3ccc(-c4ccccc4)cc3)cccc12.COC=O. The molecule has 1 amide bonds. The monoisotopic (exact) mass is 695 g/mol. The molecule has 0 atom stereocenters. The lowest BCUT2D eigenvalue weighted by Gasteiger charge is -2.26. The topological polar surface area (TPSA) is 70.7 Å². The number of ether oxygens (including phenoxy) is 1. The number of unbranched alkanes of at least 4 members (excludes halogenated alkanes) is 2. The number of hydrogen-bond acceptors (Lipinski definition) is 6. The van der Waals surface area contributed by atoms with Crippen LogP contribution in [0.5, 0.6) is 0 Å². The lowest BCUT2D eigenvalue weighted by atomic mass is 10.0. The van der Waals surface area contributed by atoms with Gasteiger partial charge in [0.15, 0.2) is 0 Å². The highest BCUT2D eigenvalue weighted by molar-refractivity contribution is 8.00. The average Bonchev–Trinajstić information content (AvgIpc) is 3.15. The summed E-state index contributed by atoms with van der Waals surface area (Å²) in [7, 11) is 1.31. The van der Waals surface area contributed by atoms with E-state index in [-0.39, 0.29) is 5.91 Å². The van der Waals surface area contributed by atoms with Crippen molar-refractivity contribution in [2.45, 2.75) is 50.8 Å². The molecule has 0 heterocycles. The van der Waals surface area contributed by atoms with Crippen LogP contribution in [0.1, 0.15) is 55.5 Å². The molecule has 0 spiro atoms. The third-order valence-electron chi connectivity index (χ3n) is 8.12. The highest BCUT2D eigenvalue weighted by atomic mass is 35.5. The molecule has 0 fully saturated rings. The molecule has 256 valence electrons. The molecule has 0 aliphatic rings. The van der Waals surface area contributed by atoms with Crippen LogP contribution >= 0.6 is 23.5 Å². The summed E-state index contributed by atoms with van der Waals surface area (Å²) in [5.41, 5.74) is 6.10. The summed E-state index contributed by atoms with van der Waals surface area (Å²) in [6, 6.07) is 37.3. The Morgan fingerprint density at radius 3 is 2.14 bits per heavy atom. The molecule has 6 nitrogen and oxygen atoms in total. The second kappa shape index (κ2) is 20.1. The molecule has 0 unspecified atom stereocenters. The fourth-order valence-electron chi connectivity index (χ4n) is 5.49. The lowest BCUT2D eigenvalue weighted by molar-refractivity contribution is -0.126. The molecular formula is C41H46ClN3O3S. The molecular weight excluding hydrogens is 650 g/mol. The van der Waals surface area contributed by atoms with E-state index in [0.29, 0.717) is 23.6 Å². The van der Waals surface area contributed by atoms with Crippen molar-refractivity contribution in [2.75, 3.05) is 36.4 Å². The molecule has 49 heavy (non-hydrogen) atoms. The van der Waals surface area contributed by atoms with E-state index in [4.69, 9.17) is 16.4 Å². The van der Waals surface area contributed by atoms with Gasteiger partial charge in [0.05, 0.1) is 18.4 Å². The Balaban J connectivity index is 0.00000128. The fourth-order valence-corrected chi connectivity index (χ4v) is 6.50. The van der Waals surface area contributed by atoms with Crippen LogP contribution in [-0.4, -0.2) is 39.1 Å². The van der Waals surface area contributed by atoms with E-state index >= 15 is 0 Å². The lowest BCUT2D eigenvalue weighted by Crippen LogP contribution is -2.26. The number of carbonyl (C=O) groups excluding carboxylic acids is 2. The van der Waals surface area contributed by atoms with Gasteiger partial charge in [-0.2, -0.15) is 0 Å². The second-order valence-electron chi connectivity index (χ2n) is 11.6. The van der Waals surface area contributed by atoms with Gasteiger partial charge in [0.25, 0.3) is 12.4 Å². The van der Waals surface area contributed by atoms with Crippen molar-refractivity contribution in [2.24, 2.45) is 0 Å². The van der Waals surface area contributed by atoms with E-state index in [1.807, 2.05) is 30.3 Å². The summed E-state index contributed by atoms with van der Waals surface area (Å²) in [4.78, 5) is 25.9. The van der Waals surface area contributed by atoms with Crippen LogP contribution in [0.2, 0.25) is 5.02 Å². The van der Waals surface area contributed by atoms with E-state index in [9.17, 15) is 4.79 Å². The highest BCUT2D eigenvalue weighted by Gasteiger charge is 2.15. The van der Waals surface area contributed by atoms with Crippen LogP contribution in [0.25, 0.3) is 21.9 Å². The first-order chi connectivity index (χ1) is 24.0. The van der Waals surface area contributed by atoms with Gasteiger partial charge in [0.2, 0.25) is 0 Å². The molecule has 5 rings (SSSR count). The summed E-state index contributed by atoms with van der Waals surface area (Å²) < 4.78 is 7.32. The van der Waals surface area contributed by atoms with E-state index < -0.39 is 0 Å². The summed E-state index contributed by atoms with van der Waals surface area (Å²) >= 11 is 7.88. The molecule has 8 heteroatoms. The van der Waals surface area contributed by atoms with Gasteiger partial charge in [0, 0.05) is 40.6 Å². The van der Waals surface area contributed by atoms with Crippen molar-refractivity contribution in [1.82, 2.24) is 5.32 Å². The number of benzene rings is 5. The average molecular weight is 696 g/mol. The van der Waals surface area contributed by atoms with Crippen LogP contribution in [0.15, 0.2) is 114 Å². The molecule has 0 saturated carbocycles. The van der Waals surface area contributed by atoms with Crippen molar-refractivity contribution in [3.8, 4) is 11.1 Å².